The van der Waals surface area contributed by atoms with Gasteiger partial charge in [-0.05, 0) is 24.6 Å². The molecule has 0 atom stereocenters. The molecule has 5 nitrogen and oxygen atoms in total. The lowest BCUT2D eigenvalue weighted by atomic mass is 10.2. The van der Waals surface area contributed by atoms with Crippen molar-refractivity contribution in [3.05, 3.63) is 28.8 Å². The fourth-order valence-corrected chi connectivity index (χ4v) is 2.49. The van der Waals surface area contributed by atoms with Crippen LogP contribution in [0.5, 0.6) is 0 Å². The van der Waals surface area contributed by atoms with Crippen LogP contribution in [0.25, 0.3) is 0 Å². The second-order valence-corrected chi connectivity index (χ2v) is 5.40. The van der Waals surface area contributed by atoms with Crippen molar-refractivity contribution in [1.82, 2.24) is 4.90 Å². The SMILES string of the molecule is Cc1ccc(Cl)cc1NC(=O)CN1C(=O)CSC1=O. The molecule has 1 fully saturated rings. The predicted octanol–water partition coefficient (Wildman–Crippen LogP) is 2.28. The van der Waals surface area contributed by atoms with Crippen molar-refractivity contribution in [2.24, 2.45) is 0 Å². The lowest BCUT2D eigenvalue weighted by Crippen LogP contribution is -2.36. The fraction of sp³-hybridized carbons (Fsp3) is 0.250. The molecule has 0 unspecified atom stereocenters. The summed E-state index contributed by atoms with van der Waals surface area (Å²) in [5.74, 6) is -0.662. The van der Waals surface area contributed by atoms with E-state index in [0.29, 0.717) is 10.7 Å². The van der Waals surface area contributed by atoms with Crippen LogP contribution >= 0.6 is 23.4 Å². The molecule has 0 spiro atoms. The van der Waals surface area contributed by atoms with Gasteiger partial charge >= 0.3 is 0 Å². The molecule has 0 radical (unpaired) electrons. The summed E-state index contributed by atoms with van der Waals surface area (Å²) < 4.78 is 0. The number of aryl methyl sites for hydroxylation is 1. The number of rotatable bonds is 3. The molecule has 7 heteroatoms. The third-order valence-electron chi connectivity index (χ3n) is 2.62. The number of anilines is 1. The number of hydrogen-bond acceptors (Lipinski definition) is 4. The molecule has 0 aromatic heterocycles. The van der Waals surface area contributed by atoms with Crippen molar-refractivity contribution in [2.75, 3.05) is 17.6 Å². The zero-order valence-corrected chi connectivity index (χ0v) is 11.7. The average Bonchev–Trinajstić information content (AvgIpc) is 2.65. The first-order valence-electron chi connectivity index (χ1n) is 5.50. The van der Waals surface area contributed by atoms with Gasteiger partial charge < -0.3 is 5.32 Å². The lowest BCUT2D eigenvalue weighted by Gasteiger charge is -2.13. The highest BCUT2D eigenvalue weighted by Gasteiger charge is 2.31. The minimum absolute atomic E-state index is 0.0995. The number of amides is 3. The van der Waals surface area contributed by atoms with Gasteiger partial charge in [-0.15, -0.1) is 0 Å². The number of hydrogen-bond donors (Lipinski definition) is 1. The molecule has 1 saturated heterocycles. The first kappa shape index (κ1) is 13.9. The maximum Gasteiger partial charge on any atom is 0.289 e. The molecule has 1 heterocycles. The van der Waals surface area contributed by atoms with Crippen LogP contribution in [0.3, 0.4) is 0 Å². The molecule has 2 rings (SSSR count). The summed E-state index contributed by atoms with van der Waals surface area (Å²) in [4.78, 5) is 35.5. The Hall–Kier alpha value is -1.53. The van der Waals surface area contributed by atoms with E-state index in [4.69, 9.17) is 11.6 Å². The number of carbonyl (C=O) groups is 3. The number of imide groups is 1. The van der Waals surface area contributed by atoms with Gasteiger partial charge in [0.15, 0.2) is 0 Å². The minimum Gasteiger partial charge on any atom is -0.324 e. The van der Waals surface area contributed by atoms with Crippen LogP contribution in [0, 0.1) is 6.92 Å². The van der Waals surface area contributed by atoms with Gasteiger partial charge in [-0.2, -0.15) is 0 Å². The van der Waals surface area contributed by atoms with Crippen molar-refractivity contribution < 1.29 is 14.4 Å². The maximum atomic E-state index is 11.8. The Kier molecular flexibility index (Phi) is 4.11. The van der Waals surface area contributed by atoms with Gasteiger partial charge in [-0.3, -0.25) is 19.3 Å². The van der Waals surface area contributed by atoms with Gasteiger partial charge in [0, 0.05) is 10.7 Å². The van der Waals surface area contributed by atoms with E-state index < -0.39 is 5.91 Å². The molecule has 1 aromatic carbocycles. The van der Waals surface area contributed by atoms with Crippen molar-refractivity contribution in [3.63, 3.8) is 0 Å². The highest BCUT2D eigenvalue weighted by atomic mass is 35.5. The molecule has 3 amide bonds. The Balaban J connectivity index is 2.03. The molecule has 0 saturated carbocycles. The van der Waals surface area contributed by atoms with Crippen LogP contribution < -0.4 is 5.32 Å². The third kappa shape index (κ3) is 3.27. The van der Waals surface area contributed by atoms with Gasteiger partial charge in [-0.25, -0.2) is 0 Å². The smallest absolute Gasteiger partial charge is 0.289 e. The average molecular weight is 299 g/mol. The van der Waals surface area contributed by atoms with E-state index in [2.05, 4.69) is 5.32 Å². The summed E-state index contributed by atoms with van der Waals surface area (Å²) in [7, 11) is 0. The second-order valence-electron chi connectivity index (χ2n) is 4.04. The molecule has 0 aliphatic carbocycles. The van der Waals surface area contributed by atoms with E-state index in [1.165, 1.54) is 0 Å². The number of benzene rings is 1. The monoisotopic (exact) mass is 298 g/mol. The van der Waals surface area contributed by atoms with Gasteiger partial charge in [-0.1, -0.05) is 29.4 Å². The van der Waals surface area contributed by atoms with E-state index >= 15 is 0 Å². The molecule has 100 valence electrons. The normalized spacial score (nSPS) is 14.9. The Bertz CT molecular complexity index is 546. The minimum atomic E-state index is -0.422. The predicted molar refractivity (Wildman–Crippen MR) is 74.4 cm³/mol. The molecule has 1 aliphatic rings. The first-order valence-corrected chi connectivity index (χ1v) is 6.87. The molecular formula is C12H11ClN2O3S. The second kappa shape index (κ2) is 5.63. The molecule has 19 heavy (non-hydrogen) atoms. The van der Waals surface area contributed by atoms with Crippen LogP contribution in [-0.2, 0) is 9.59 Å². The zero-order chi connectivity index (χ0) is 14.0. The number of carbonyl (C=O) groups excluding carboxylic acids is 3. The Morgan fingerprint density at radius 3 is 2.84 bits per heavy atom. The molecular weight excluding hydrogens is 288 g/mol. The zero-order valence-electron chi connectivity index (χ0n) is 10.1. The van der Waals surface area contributed by atoms with E-state index in [1.54, 1.807) is 18.2 Å². The lowest BCUT2D eigenvalue weighted by molar-refractivity contribution is -0.128. The van der Waals surface area contributed by atoms with Gasteiger partial charge in [0.25, 0.3) is 5.24 Å². The van der Waals surface area contributed by atoms with Crippen LogP contribution in [-0.4, -0.2) is 34.3 Å². The standard InChI is InChI=1S/C12H11ClN2O3S/c1-7-2-3-8(13)4-9(7)14-10(16)5-15-11(17)6-19-12(15)18/h2-4H,5-6H2,1H3,(H,14,16). The highest BCUT2D eigenvalue weighted by molar-refractivity contribution is 8.14. The molecule has 0 bridgehead atoms. The van der Waals surface area contributed by atoms with Crippen molar-refractivity contribution in [1.29, 1.82) is 0 Å². The molecule has 1 N–H and O–H groups in total. The Labute approximate surface area is 119 Å². The third-order valence-corrected chi connectivity index (χ3v) is 3.71. The van der Waals surface area contributed by atoms with E-state index in [-0.39, 0.29) is 23.4 Å². The number of nitrogens with one attached hydrogen (secondary N) is 1. The maximum absolute atomic E-state index is 11.8. The summed E-state index contributed by atoms with van der Waals surface area (Å²) in [5.41, 5.74) is 1.43. The summed E-state index contributed by atoms with van der Waals surface area (Å²) in [6.45, 7) is 1.56. The number of thioether (sulfide) groups is 1. The largest absolute Gasteiger partial charge is 0.324 e. The summed E-state index contributed by atoms with van der Waals surface area (Å²) in [6.07, 6.45) is 0. The first-order chi connectivity index (χ1) is 8.97. The Morgan fingerprint density at radius 1 is 1.47 bits per heavy atom. The van der Waals surface area contributed by atoms with E-state index in [1.807, 2.05) is 6.92 Å². The van der Waals surface area contributed by atoms with Gasteiger partial charge in [0.2, 0.25) is 11.8 Å². The fourth-order valence-electron chi connectivity index (χ4n) is 1.60. The van der Waals surface area contributed by atoms with Crippen molar-refractivity contribution >= 4 is 46.1 Å². The van der Waals surface area contributed by atoms with Gasteiger partial charge in [0.1, 0.15) is 6.54 Å². The van der Waals surface area contributed by atoms with Crippen molar-refractivity contribution in [3.8, 4) is 0 Å². The topological polar surface area (TPSA) is 66.5 Å². The van der Waals surface area contributed by atoms with Crippen LogP contribution in [0.15, 0.2) is 18.2 Å². The van der Waals surface area contributed by atoms with Crippen LogP contribution in [0.2, 0.25) is 5.02 Å². The number of halogens is 1. The Morgan fingerprint density at radius 2 is 2.21 bits per heavy atom. The van der Waals surface area contributed by atoms with Crippen LogP contribution in [0.4, 0.5) is 10.5 Å². The van der Waals surface area contributed by atoms with E-state index in [9.17, 15) is 14.4 Å². The highest BCUT2D eigenvalue weighted by Crippen LogP contribution is 2.21. The number of nitrogens with zero attached hydrogens (tertiary/aromatic N) is 1. The summed E-state index contributed by atoms with van der Waals surface area (Å²) in [6, 6.07) is 5.12. The van der Waals surface area contributed by atoms with Crippen molar-refractivity contribution in [2.45, 2.75) is 6.92 Å². The summed E-state index contributed by atoms with van der Waals surface area (Å²) >= 11 is 6.75. The quantitative estimate of drug-likeness (QED) is 0.929. The van der Waals surface area contributed by atoms with E-state index in [0.717, 1.165) is 22.2 Å². The molecule has 1 aliphatic heterocycles. The van der Waals surface area contributed by atoms with Crippen LogP contribution in [0.1, 0.15) is 5.56 Å². The van der Waals surface area contributed by atoms with Gasteiger partial charge in [0.05, 0.1) is 5.75 Å². The molecule has 1 aromatic rings. The summed E-state index contributed by atoms with van der Waals surface area (Å²) in [5, 5.41) is 2.76.